The Morgan fingerprint density at radius 2 is 1.98 bits per heavy atom. The highest BCUT2D eigenvalue weighted by Gasteiger charge is 2.54. The number of carbonyl (C=O) groups is 3. The number of likely N-dealkylation sites (N-methyl/N-ethyl adjacent to an activating group) is 2. The molecule has 20 heteroatoms. The standard InChI is InChI=1S/C24H37N8O10PS/c1-11(2)41-20(35)12(3)29-43(38,44-9-13-19(34)31(6)23(36)30(13)5)40-8-14-16(33)24(4,37)21(42-14)32-10-26-15-17(32)27-22(25)28-18(15)39-7/h10-14,16,21,33,37H,8-9H2,1-7H3,(H,29,38)(H2,25,27,28)/t12-,13?,14?,16+,21+,24+,43-/m0/s1. The van der Waals surface area contributed by atoms with Crippen LogP contribution in [0, 0.1) is 0 Å². The first kappa shape index (κ1) is 33.8. The molecule has 5 N–H and O–H groups in total. The molecule has 0 radical (unpaired) electrons. The lowest BCUT2D eigenvalue weighted by Crippen LogP contribution is -2.44. The fourth-order valence-corrected chi connectivity index (χ4v) is 8.68. The van der Waals surface area contributed by atoms with Crippen LogP contribution in [0.1, 0.15) is 33.9 Å². The number of ether oxygens (including phenoxy) is 3. The largest absolute Gasteiger partial charge is 0.479 e. The van der Waals surface area contributed by atoms with Crippen LogP contribution in [0.3, 0.4) is 0 Å². The van der Waals surface area contributed by atoms with Gasteiger partial charge >= 0.3 is 18.7 Å². The number of methoxy groups -OCH3 is 1. The van der Waals surface area contributed by atoms with Crippen molar-refractivity contribution < 1.29 is 47.9 Å². The molecule has 0 spiro atoms. The second kappa shape index (κ2) is 12.7. The number of amides is 3. The average molecular weight is 661 g/mol. The van der Waals surface area contributed by atoms with Crippen LogP contribution in [-0.2, 0) is 28.2 Å². The van der Waals surface area contributed by atoms with Gasteiger partial charge in [0.05, 0.1) is 26.1 Å². The zero-order valence-electron chi connectivity index (χ0n) is 25.2. The van der Waals surface area contributed by atoms with Crippen LogP contribution in [0.15, 0.2) is 6.33 Å². The van der Waals surface area contributed by atoms with Crippen molar-refractivity contribution >= 4 is 53.1 Å². The van der Waals surface area contributed by atoms with Gasteiger partial charge in [-0.3, -0.25) is 23.6 Å². The summed E-state index contributed by atoms with van der Waals surface area (Å²) < 4.78 is 37.6. The molecule has 0 aromatic carbocycles. The van der Waals surface area contributed by atoms with Crippen LogP contribution in [-0.4, -0.2) is 127 Å². The van der Waals surface area contributed by atoms with Crippen LogP contribution >= 0.6 is 18.1 Å². The van der Waals surface area contributed by atoms with Gasteiger partial charge in [0, 0.05) is 19.8 Å². The first-order valence-electron chi connectivity index (χ1n) is 13.5. The summed E-state index contributed by atoms with van der Waals surface area (Å²) in [7, 11) is 4.16. The molecule has 7 atom stereocenters. The minimum atomic E-state index is -4.06. The van der Waals surface area contributed by atoms with Crippen molar-refractivity contribution in [3.63, 3.8) is 0 Å². The highest BCUT2D eigenvalue weighted by atomic mass is 32.7. The smallest absolute Gasteiger partial charge is 0.327 e. The van der Waals surface area contributed by atoms with Gasteiger partial charge in [0.25, 0.3) is 5.91 Å². The molecule has 2 aliphatic rings. The van der Waals surface area contributed by atoms with Gasteiger partial charge in [-0.15, -0.1) is 0 Å². The third kappa shape index (κ3) is 6.49. The SMILES string of the molecule is COc1nc(N)nc2c1ncn2[C@@H]1OC(CO[P@@](=O)(N[C@@H](C)C(=O)OC(C)C)SCC2C(=O)N(C)C(=O)N2C)[C@@H](O)[C@@]1(C)O. The van der Waals surface area contributed by atoms with Crippen molar-refractivity contribution in [1.29, 1.82) is 0 Å². The zero-order chi connectivity index (χ0) is 32.7. The molecular weight excluding hydrogens is 623 g/mol. The van der Waals surface area contributed by atoms with E-state index in [4.69, 9.17) is 24.5 Å². The molecule has 0 saturated carbocycles. The van der Waals surface area contributed by atoms with Gasteiger partial charge in [0.2, 0.25) is 11.8 Å². The Labute approximate surface area is 256 Å². The lowest BCUT2D eigenvalue weighted by molar-refractivity contribution is -0.149. The summed E-state index contributed by atoms with van der Waals surface area (Å²) in [5.41, 5.74) is 4.28. The lowest BCUT2D eigenvalue weighted by atomic mass is 9.96. The number of esters is 1. The van der Waals surface area contributed by atoms with Gasteiger partial charge in [-0.05, 0) is 27.7 Å². The molecule has 44 heavy (non-hydrogen) atoms. The van der Waals surface area contributed by atoms with E-state index in [1.54, 1.807) is 13.8 Å². The normalized spacial score (nSPS) is 27.8. The predicted octanol–water partition coefficient (Wildman–Crippen LogP) is 0.106. The molecule has 244 valence electrons. The number of nitrogens with two attached hydrogens (primary N) is 1. The first-order valence-corrected chi connectivity index (χ1v) is 16.7. The number of aliphatic hydroxyl groups excluding tert-OH is 1. The number of hydrogen-bond acceptors (Lipinski definition) is 15. The second-order valence-corrected chi connectivity index (χ2v) is 15.2. The van der Waals surface area contributed by atoms with Gasteiger partial charge in [-0.25, -0.2) is 14.9 Å². The molecule has 2 aromatic rings. The van der Waals surface area contributed by atoms with Crippen LogP contribution in [0.5, 0.6) is 5.88 Å². The third-order valence-electron chi connectivity index (χ3n) is 7.15. The van der Waals surface area contributed by atoms with Crippen molar-refractivity contribution in [2.45, 2.75) is 69.9 Å². The van der Waals surface area contributed by atoms with Crippen molar-refractivity contribution in [3.05, 3.63) is 6.33 Å². The molecule has 2 fully saturated rings. The van der Waals surface area contributed by atoms with Gasteiger partial charge in [-0.2, -0.15) is 9.97 Å². The number of nitrogen functional groups attached to an aromatic ring is 1. The monoisotopic (exact) mass is 660 g/mol. The Morgan fingerprint density at radius 1 is 1.30 bits per heavy atom. The maximum atomic E-state index is 14.1. The molecule has 2 saturated heterocycles. The third-order valence-corrected chi connectivity index (χ3v) is 11.2. The molecular formula is C24H37N8O10PS. The molecule has 2 aromatic heterocycles. The number of nitrogens with zero attached hydrogens (tertiary/aromatic N) is 6. The summed E-state index contributed by atoms with van der Waals surface area (Å²) in [6.45, 7) is 1.50. The van der Waals surface area contributed by atoms with Crippen LogP contribution < -0.4 is 15.6 Å². The number of anilines is 1. The average Bonchev–Trinajstić information content (AvgIpc) is 3.52. The predicted molar refractivity (Wildman–Crippen MR) is 156 cm³/mol. The number of hydrogen-bond donors (Lipinski definition) is 4. The highest BCUT2D eigenvalue weighted by molar-refractivity contribution is 8.56. The molecule has 0 aliphatic carbocycles. The van der Waals surface area contributed by atoms with E-state index >= 15 is 0 Å². The number of urea groups is 1. The lowest BCUT2D eigenvalue weighted by Gasteiger charge is -2.27. The van der Waals surface area contributed by atoms with Crippen molar-refractivity contribution in [2.75, 3.05) is 39.3 Å². The number of fused-ring (bicyclic) bond motifs is 1. The Bertz CT molecular complexity index is 1470. The Morgan fingerprint density at radius 3 is 2.57 bits per heavy atom. The van der Waals surface area contributed by atoms with Crippen molar-refractivity contribution in [3.8, 4) is 5.88 Å². The summed E-state index contributed by atoms with van der Waals surface area (Å²) >= 11 is 0.701. The molecule has 2 aliphatic heterocycles. The molecule has 4 rings (SSSR count). The maximum Gasteiger partial charge on any atom is 0.327 e. The van der Waals surface area contributed by atoms with Gasteiger partial charge in [-0.1, -0.05) is 11.4 Å². The summed E-state index contributed by atoms with van der Waals surface area (Å²) in [5.74, 6) is -1.36. The Hall–Kier alpha value is -3.06. The van der Waals surface area contributed by atoms with E-state index in [0.717, 1.165) is 4.90 Å². The zero-order valence-corrected chi connectivity index (χ0v) is 26.9. The number of carbonyl (C=O) groups excluding carboxylic acids is 3. The molecule has 4 heterocycles. The van der Waals surface area contributed by atoms with E-state index in [9.17, 15) is 29.2 Å². The van der Waals surface area contributed by atoms with E-state index in [0.29, 0.717) is 11.4 Å². The minimum absolute atomic E-state index is 0.0951. The number of imidazole rings is 1. The van der Waals surface area contributed by atoms with Crippen molar-refractivity contribution in [2.24, 2.45) is 0 Å². The number of aromatic nitrogens is 4. The summed E-state index contributed by atoms with van der Waals surface area (Å²) in [6, 6.07) is -2.56. The maximum absolute atomic E-state index is 14.1. The molecule has 0 bridgehead atoms. The summed E-state index contributed by atoms with van der Waals surface area (Å²) in [6.07, 6.45) is -3.16. The first-order chi connectivity index (χ1) is 20.5. The second-order valence-electron chi connectivity index (χ2n) is 10.8. The van der Waals surface area contributed by atoms with Gasteiger partial charge < -0.3 is 39.6 Å². The summed E-state index contributed by atoms with van der Waals surface area (Å²) in [4.78, 5) is 51.9. The quantitative estimate of drug-likeness (QED) is 0.134. The van der Waals surface area contributed by atoms with Crippen LogP contribution in [0.2, 0.25) is 0 Å². The van der Waals surface area contributed by atoms with E-state index in [-0.39, 0.29) is 28.7 Å². The molecule has 3 amide bonds. The number of aliphatic hydroxyl groups is 2. The molecule has 18 nitrogen and oxygen atoms in total. The van der Waals surface area contributed by atoms with E-state index in [2.05, 4.69) is 20.0 Å². The Balaban J connectivity index is 1.55. The van der Waals surface area contributed by atoms with Crippen LogP contribution in [0.25, 0.3) is 11.2 Å². The number of rotatable bonds is 12. The van der Waals surface area contributed by atoms with E-state index in [1.807, 2.05) is 0 Å². The fourth-order valence-electron chi connectivity index (χ4n) is 4.71. The minimum Gasteiger partial charge on any atom is -0.479 e. The topological polar surface area (TPSA) is 234 Å². The van der Waals surface area contributed by atoms with Gasteiger partial charge in [0.1, 0.15) is 29.9 Å². The van der Waals surface area contributed by atoms with Crippen molar-refractivity contribution in [1.82, 2.24) is 34.4 Å². The van der Waals surface area contributed by atoms with Gasteiger partial charge in [0.15, 0.2) is 17.4 Å². The molecule has 2 unspecified atom stereocenters. The summed E-state index contributed by atoms with van der Waals surface area (Å²) in [5, 5.41) is 25.0. The fraction of sp³-hybridized carbons (Fsp3) is 0.667. The number of imide groups is 1. The van der Waals surface area contributed by atoms with Crippen LogP contribution in [0.4, 0.5) is 10.7 Å². The van der Waals surface area contributed by atoms with E-state index < -0.39 is 73.5 Å². The van der Waals surface area contributed by atoms with E-state index in [1.165, 1.54) is 50.8 Å². The number of nitrogens with one attached hydrogen (secondary N) is 1. The highest BCUT2D eigenvalue weighted by Crippen LogP contribution is 2.57. The Kier molecular flexibility index (Phi) is 9.80.